The molecule has 1 aliphatic heterocycles. The van der Waals surface area contributed by atoms with Gasteiger partial charge in [-0.3, -0.25) is 4.79 Å². The molecule has 0 spiro atoms. The summed E-state index contributed by atoms with van der Waals surface area (Å²) in [6.45, 7) is 2.66. The zero-order chi connectivity index (χ0) is 13.2. The molecule has 2 aromatic heterocycles. The maximum absolute atomic E-state index is 12.2. The van der Waals surface area contributed by atoms with Crippen molar-refractivity contribution >= 4 is 11.6 Å². The molecule has 0 aliphatic carbocycles. The molecular formula is C13H15N5O. The summed E-state index contributed by atoms with van der Waals surface area (Å²) in [6, 6.07) is 0. The molecule has 3 rings (SSSR count). The number of fused-ring (bicyclic) bond motifs is 1. The molecule has 1 amide bonds. The Balaban J connectivity index is 1.67. The summed E-state index contributed by atoms with van der Waals surface area (Å²) >= 11 is 0. The van der Waals surface area contributed by atoms with E-state index in [1.165, 1.54) is 0 Å². The lowest BCUT2D eigenvalue weighted by Gasteiger charge is -2.22. The van der Waals surface area contributed by atoms with Gasteiger partial charge in [-0.25, -0.2) is 15.0 Å². The predicted molar refractivity (Wildman–Crippen MR) is 69.4 cm³/mol. The minimum atomic E-state index is -0.00879. The molecule has 1 unspecified atom stereocenters. The van der Waals surface area contributed by atoms with Gasteiger partial charge >= 0.3 is 0 Å². The van der Waals surface area contributed by atoms with Crippen molar-refractivity contribution in [3.63, 3.8) is 0 Å². The normalized spacial score (nSPS) is 17.8. The largest absolute Gasteiger partial charge is 0.335 e. The molecule has 6 nitrogen and oxygen atoms in total. The molecule has 1 aliphatic rings. The summed E-state index contributed by atoms with van der Waals surface area (Å²) in [7, 11) is 0. The number of carbonyl (C=O) groups excluding carboxylic acids is 1. The molecule has 19 heavy (non-hydrogen) atoms. The second-order valence-electron chi connectivity index (χ2n) is 4.78. The van der Waals surface area contributed by atoms with Crippen molar-refractivity contribution in [2.45, 2.75) is 26.3 Å². The molecule has 6 heteroatoms. The van der Waals surface area contributed by atoms with E-state index < -0.39 is 0 Å². The van der Waals surface area contributed by atoms with E-state index in [4.69, 9.17) is 0 Å². The number of rotatable bonds is 2. The first-order chi connectivity index (χ1) is 9.22. The van der Waals surface area contributed by atoms with Gasteiger partial charge in [0.15, 0.2) is 0 Å². The second-order valence-corrected chi connectivity index (χ2v) is 4.78. The summed E-state index contributed by atoms with van der Waals surface area (Å²) in [4.78, 5) is 24.4. The summed E-state index contributed by atoms with van der Waals surface area (Å²) in [6.07, 6.45) is 8.48. The van der Waals surface area contributed by atoms with Gasteiger partial charge < -0.3 is 9.88 Å². The number of imidazole rings is 1. The van der Waals surface area contributed by atoms with Gasteiger partial charge in [-0.15, -0.1) is 0 Å². The lowest BCUT2D eigenvalue weighted by atomic mass is 9.95. The Kier molecular flexibility index (Phi) is 2.98. The van der Waals surface area contributed by atoms with E-state index in [0.29, 0.717) is 11.5 Å². The molecule has 0 saturated heterocycles. The minimum Gasteiger partial charge on any atom is -0.335 e. The highest BCUT2D eigenvalue weighted by atomic mass is 16.1. The number of carbonyl (C=O) groups is 1. The molecular weight excluding hydrogens is 242 g/mol. The van der Waals surface area contributed by atoms with E-state index in [9.17, 15) is 4.79 Å². The molecule has 1 atom stereocenters. The van der Waals surface area contributed by atoms with Crippen LogP contribution in [0.2, 0.25) is 0 Å². The number of aromatic nitrogens is 4. The van der Waals surface area contributed by atoms with Crippen LogP contribution < -0.4 is 5.32 Å². The van der Waals surface area contributed by atoms with Crippen LogP contribution in [0.25, 0.3) is 0 Å². The predicted octanol–water partition coefficient (Wildman–Crippen LogP) is 1.18. The first-order valence-corrected chi connectivity index (χ1v) is 6.31. The Labute approximate surface area is 110 Å². The Morgan fingerprint density at radius 2 is 2.16 bits per heavy atom. The van der Waals surface area contributed by atoms with Crippen LogP contribution in [-0.2, 0) is 17.8 Å². The molecule has 98 valence electrons. The highest BCUT2D eigenvalue weighted by Gasteiger charge is 2.24. The van der Waals surface area contributed by atoms with Gasteiger partial charge in [0.2, 0.25) is 5.91 Å². The maximum Gasteiger partial charge on any atom is 0.228 e. The molecule has 0 fully saturated rings. The van der Waals surface area contributed by atoms with Gasteiger partial charge in [0, 0.05) is 30.8 Å². The van der Waals surface area contributed by atoms with Crippen molar-refractivity contribution in [2.24, 2.45) is 5.92 Å². The molecule has 1 N–H and O–H groups in total. The molecule has 0 aromatic carbocycles. The Bertz CT molecular complexity index is 589. The van der Waals surface area contributed by atoms with Crippen molar-refractivity contribution in [3.8, 4) is 0 Å². The van der Waals surface area contributed by atoms with Crippen LogP contribution in [0.15, 0.2) is 24.9 Å². The lowest BCUT2D eigenvalue weighted by molar-refractivity contribution is -0.120. The van der Waals surface area contributed by atoms with E-state index in [1.54, 1.807) is 12.4 Å². The fourth-order valence-corrected chi connectivity index (χ4v) is 2.29. The first kappa shape index (κ1) is 11.8. The van der Waals surface area contributed by atoms with Gasteiger partial charge in [-0.1, -0.05) is 0 Å². The second kappa shape index (κ2) is 4.79. The van der Waals surface area contributed by atoms with Crippen molar-refractivity contribution in [1.29, 1.82) is 0 Å². The standard InChI is InChI=1S/C13H15N5O/c1-9-15-5-11(6-16-9)17-13(19)10-2-3-18-8-14-7-12(18)4-10/h5-8,10H,2-4H2,1H3,(H,17,19). The molecule has 0 radical (unpaired) electrons. The minimum absolute atomic E-state index is 0.00879. The van der Waals surface area contributed by atoms with E-state index in [1.807, 2.05) is 19.4 Å². The average molecular weight is 257 g/mol. The number of hydrogen-bond acceptors (Lipinski definition) is 4. The summed E-state index contributed by atoms with van der Waals surface area (Å²) < 4.78 is 2.10. The summed E-state index contributed by atoms with van der Waals surface area (Å²) in [5.41, 5.74) is 1.77. The SMILES string of the molecule is Cc1ncc(NC(=O)C2CCn3cncc3C2)cn1. The van der Waals surface area contributed by atoms with Crippen LogP contribution in [0, 0.1) is 12.8 Å². The van der Waals surface area contributed by atoms with Crippen molar-refractivity contribution in [1.82, 2.24) is 19.5 Å². The van der Waals surface area contributed by atoms with Gasteiger partial charge in [0.1, 0.15) is 5.82 Å². The fraction of sp³-hybridized carbons (Fsp3) is 0.385. The third-order valence-electron chi connectivity index (χ3n) is 3.39. The highest BCUT2D eigenvalue weighted by molar-refractivity contribution is 5.92. The third-order valence-corrected chi connectivity index (χ3v) is 3.39. The van der Waals surface area contributed by atoms with Crippen LogP contribution in [-0.4, -0.2) is 25.4 Å². The lowest BCUT2D eigenvalue weighted by Crippen LogP contribution is -2.30. The summed E-state index contributed by atoms with van der Waals surface area (Å²) in [5, 5.41) is 2.87. The van der Waals surface area contributed by atoms with Crippen molar-refractivity contribution in [3.05, 3.63) is 36.4 Å². The number of nitrogens with zero attached hydrogens (tertiary/aromatic N) is 4. The van der Waals surface area contributed by atoms with Gasteiger partial charge in [-0.2, -0.15) is 0 Å². The zero-order valence-corrected chi connectivity index (χ0v) is 10.7. The van der Waals surface area contributed by atoms with E-state index in [2.05, 4.69) is 24.8 Å². The average Bonchev–Trinajstić information content (AvgIpc) is 2.88. The number of aryl methyl sites for hydroxylation is 2. The Hall–Kier alpha value is -2.24. The van der Waals surface area contributed by atoms with Crippen LogP contribution in [0.5, 0.6) is 0 Å². The maximum atomic E-state index is 12.2. The number of nitrogens with one attached hydrogen (secondary N) is 1. The third kappa shape index (κ3) is 2.47. The summed E-state index contributed by atoms with van der Waals surface area (Å²) in [5.74, 6) is 0.713. The number of hydrogen-bond donors (Lipinski definition) is 1. The van der Waals surface area contributed by atoms with Gasteiger partial charge in [0.25, 0.3) is 0 Å². The van der Waals surface area contributed by atoms with Crippen LogP contribution in [0.4, 0.5) is 5.69 Å². The molecule has 3 heterocycles. The topological polar surface area (TPSA) is 72.7 Å². The number of amides is 1. The van der Waals surface area contributed by atoms with E-state index >= 15 is 0 Å². The monoisotopic (exact) mass is 257 g/mol. The fourth-order valence-electron chi connectivity index (χ4n) is 2.29. The highest BCUT2D eigenvalue weighted by Crippen LogP contribution is 2.21. The molecule has 2 aromatic rings. The Morgan fingerprint density at radius 1 is 1.37 bits per heavy atom. The molecule has 0 saturated carbocycles. The quantitative estimate of drug-likeness (QED) is 0.877. The van der Waals surface area contributed by atoms with E-state index in [-0.39, 0.29) is 11.8 Å². The van der Waals surface area contributed by atoms with Crippen LogP contribution in [0.1, 0.15) is 17.9 Å². The molecule has 0 bridgehead atoms. The zero-order valence-electron chi connectivity index (χ0n) is 10.7. The first-order valence-electron chi connectivity index (χ1n) is 6.31. The Morgan fingerprint density at radius 3 is 2.95 bits per heavy atom. The van der Waals surface area contributed by atoms with Gasteiger partial charge in [-0.05, 0) is 13.3 Å². The number of anilines is 1. The van der Waals surface area contributed by atoms with Crippen molar-refractivity contribution in [2.75, 3.05) is 5.32 Å². The van der Waals surface area contributed by atoms with Crippen molar-refractivity contribution < 1.29 is 4.79 Å². The van der Waals surface area contributed by atoms with Crippen LogP contribution >= 0.6 is 0 Å². The van der Waals surface area contributed by atoms with Gasteiger partial charge in [0.05, 0.1) is 24.4 Å². The van der Waals surface area contributed by atoms with E-state index in [0.717, 1.165) is 25.1 Å². The smallest absolute Gasteiger partial charge is 0.228 e. The van der Waals surface area contributed by atoms with Crippen LogP contribution in [0.3, 0.4) is 0 Å².